The van der Waals surface area contributed by atoms with Crippen LogP contribution in [-0.4, -0.2) is 73.8 Å². The Morgan fingerprint density at radius 1 is 1.09 bits per heavy atom. The van der Waals surface area contributed by atoms with Crippen molar-refractivity contribution < 1.29 is 23.0 Å². The van der Waals surface area contributed by atoms with E-state index in [9.17, 15) is 13.6 Å². The van der Waals surface area contributed by atoms with Crippen LogP contribution in [-0.2, 0) is 16.1 Å². The number of morpholine rings is 2. The molecule has 180 valence electrons. The number of fused-ring (bicyclic) bond motifs is 2. The zero-order valence-electron chi connectivity index (χ0n) is 18.9. The van der Waals surface area contributed by atoms with Gasteiger partial charge in [-0.05, 0) is 42.8 Å². The van der Waals surface area contributed by atoms with E-state index in [1.807, 2.05) is 6.07 Å². The highest BCUT2D eigenvalue weighted by Gasteiger charge is 2.35. The Bertz CT molecular complexity index is 1010. The van der Waals surface area contributed by atoms with Crippen LogP contribution in [0, 0.1) is 23.0 Å². The van der Waals surface area contributed by atoms with Crippen LogP contribution in [0.3, 0.4) is 0 Å². The van der Waals surface area contributed by atoms with E-state index >= 15 is 0 Å². The average Bonchev–Trinajstić information content (AvgIpc) is 2.81. The topological polar surface area (TPSA) is 77.8 Å². The molecule has 2 heterocycles. The van der Waals surface area contributed by atoms with Crippen LogP contribution >= 0.6 is 0 Å². The van der Waals surface area contributed by atoms with Crippen LogP contribution < -0.4 is 10.1 Å². The van der Waals surface area contributed by atoms with Gasteiger partial charge < -0.3 is 14.8 Å². The predicted molar refractivity (Wildman–Crippen MR) is 121 cm³/mol. The van der Waals surface area contributed by atoms with Crippen LogP contribution in [0.25, 0.3) is 0 Å². The van der Waals surface area contributed by atoms with Crippen LogP contribution in [0.5, 0.6) is 5.75 Å². The smallest absolute Gasteiger partial charge is 0.234 e. The summed E-state index contributed by atoms with van der Waals surface area (Å²) in [5.41, 5.74) is 0.604. The molecule has 4 rings (SSSR count). The fraction of sp³-hybridized carbons (Fsp3) is 0.440. The second kappa shape index (κ2) is 11.4. The quantitative estimate of drug-likeness (QED) is 0.567. The molecule has 2 aromatic carbocycles. The lowest BCUT2D eigenvalue weighted by molar-refractivity contribution is -0.145. The number of carbonyl (C=O) groups excluding carboxylic acids is 1. The Balaban J connectivity index is 1.16. The molecule has 0 radical (unpaired) electrons. The molecule has 2 atom stereocenters. The third-order valence-electron chi connectivity index (χ3n) is 5.96. The summed E-state index contributed by atoms with van der Waals surface area (Å²) in [6, 6.07) is 12.1. The summed E-state index contributed by atoms with van der Waals surface area (Å²) in [5.74, 6) is -0.281. The first kappa shape index (κ1) is 24.1. The van der Waals surface area contributed by atoms with Gasteiger partial charge in [0.1, 0.15) is 17.4 Å². The molecule has 9 heteroatoms. The fourth-order valence-corrected chi connectivity index (χ4v) is 4.39. The van der Waals surface area contributed by atoms with Crippen molar-refractivity contribution in [3.05, 3.63) is 65.2 Å². The highest BCUT2D eigenvalue weighted by Crippen LogP contribution is 2.19. The van der Waals surface area contributed by atoms with E-state index < -0.39 is 5.82 Å². The fourth-order valence-electron chi connectivity index (χ4n) is 4.39. The molecule has 2 bridgehead atoms. The molecule has 2 aromatic rings. The van der Waals surface area contributed by atoms with Gasteiger partial charge in [0, 0.05) is 44.8 Å². The van der Waals surface area contributed by atoms with Crippen molar-refractivity contribution in [3.8, 4) is 11.8 Å². The van der Waals surface area contributed by atoms with E-state index in [-0.39, 0.29) is 42.6 Å². The number of hydrogen-bond donors (Lipinski definition) is 1. The molecule has 7 nitrogen and oxygen atoms in total. The van der Waals surface area contributed by atoms with Crippen molar-refractivity contribution >= 4 is 5.91 Å². The number of amides is 1. The minimum absolute atomic E-state index is 0.0364. The number of carbonyl (C=O) groups is 1. The molecule has 0 spiro atoms. The maximum Gasteiger partial charge on any atom is 0.234 e. The molecule has 0 aromatic heterocycles. The Hall–Kier alpha value is -3.06. The van der Waals surface area contributed by atoms with Gasteiger partial charge in [0.15, 0.2) is 0 Å². The van der Waals surface area contributed by atoms with E-state index in [1.165, 1.54) is 30.3 Å². The number of halogens is 2. The molecule has 2 aliphatic heterocycles. The summed E-state index contributed by atoms with van der Waals surface area (Å²) in [6.07, 6.45) is 0.929. The van der Waals surface area contributed by atoms with Crippen LogP contribution in [0.4, 0.5) is 8.78 Å². The minimum Gasteiger partial charge on any atom is -0.494 e. The molecule has 2 aliphatic rings. The van der Waals surface area contributed by atoms with Crippen LogP contribution in [0.1, 0.15) is 17.5 Å². The number of hydrogen-bond acceptors (Lipinski definition) is 6. The molecule has 2 unspecified atom stereocenters. The third-order valence-corrected chi connectivity index (χ3v) is 5.96. The normalized spacial score (nSPS) is 20.5. The van der Waals surface area contributed by atoms with Crippen LogP contribution in [0.2, 0.25) is 0 Å². The molecule has 1 amide bonds. The van der Waals surface area contributed by atoms with Crippen molar-refractivity contribution in [3.63, 3.8) is 0 Å². The number of ether oxygens (including phenoxy) is 2. The zero-order chi connectivity index (χ0) is 23.9. The summed E-state index contributed by atoms with van der Waals surface area (Å²) >= 11 is 0. The highest BCUT2D eigenvalue weighted by molar-refractivity contribution is 5.78. The number of nitriles is 1. The lowest BCUT2D eigenvalue weighted by atomic mass is 10.1. The predicted octanol–water partition coefficient (Wildman–Crippen LogP) is 2.31. The lowest BCUT2D eigenvalue weighted by Crippen LogP contribution is -2.60. The molecular weight excluding hydrogens is 442 g/mol. The Morgan fingerprint density at radius 3 is 2.47 bits per heavy atom. The van der Waals surface area contributed by atoms with Crippen molar-refractivity contribution in [2.24, 2.45) is 0 Å². The van der Waals surface area contributed by atoms with E-state index in [0.29, 0.717) is 31.0 Å². The molecule has 2 saturated heterocycles. The second-order valence-electron chi connectivity index (χ2n) is 8.68. The first-order valence-corrected chi connectivity index (χ1v) is 11.4. The Morgan fingerprint density at radius 2 is 1.79 bits per heavy atom. The Kier molecular flexibility index (Phi) is 8.06. The summed E-state index contributed by atoms with van der Waals surface area (Å²) in [5, 5.41) is 11.6. The van der Waals surface area contributed by atoms with Gasteiger partial charge in [-0.2, -0.15) is 5.26 Å². The van der Waals surface area contributed by atoms with Gasteiger partial charge in [0.05, 0.1) is 37.0 Å². The maximum absolute atomic E-state index is 14.0. The summed E-state index contributed by atoms with van der Waals surface area (Å²) < 4.78 is 38.7. The SMILES string of the molecule is N#Cc1ccc(CNC(=O)CN2CC3CN(CCCOc4ccc(F)cc4)CC(C2)O3)c(F)c1. The van der Waals surface area contributed by atoms with Gasteiger partial charge in [-0.3, -0.25) is 14.6 Å². The second-order valence-corrected chi connectivity index (χ2v) is 8.68. The first-order chi connectivity index (χ1) is 16.5. The zero-order valence-corrected chi connectivity index (χ0v) is 18.9. The summed E-state index contributed by atoms with van der Waals surface area (Å²) in [6.45, 7) is 4.68. The number of benzene rings is 2. The van der Waals surface area contributed by atoms with Gasteiger partial charge in [0.2, 0.25) is 5.91 Å². The molecule has 0 aliphatic carbocycles. The largest absolute Gasteiger partial charge is 0.494 e. The summed E-state index contributed by atoms with van der Waals surface area (Å²) in [4.78, 5) is 16.8. The number of rotatable bonds is 9. The maximum atomic E-state index is 14.0. The van der Waals surface area contributed by atoms with E-state index in [2.05, 4.69) is 15.1 Å². The van der Waals surface area contributed by atoms with Gasteiger partial charge in [-0.1, -0.05) is 6.07 Å². The van der Waals surface area contributed by atoms with Crippen LogP contribution in [0.15, 0.2) is 42.5 Å². The van der Waals surface area contributed by atoms with Crippen molar-refractivity contribution in [2.75, 3.05) is 45.9 Å². The van der Waals surface area contributed by atoms with E-state index in [0.717, 1.165) is 26.1 Å². The lowest BCUT2D eigenvalue weighted by Gasteiger charge is -2.45. The van der Waals surface area contributed by atoms with Crippen molar-refractivity contribution in [1.82, 2.24) is 15.1 Å². The monoisotopic (exact) mass is 470 g/mol. The minimum atomic E-state index is -0.497. The van der Waals surface area contributed by atoms with Gasteiger partial charge in [-0.15, -0.1) is 0 Å². The Labute approximate surface area is 197 Å². The van der Waals surface area contributed by atoms with Gasteiger partial charge in [0.25, 0.3) is 0 Å². The molecule has 34 heavy (non-hydrogen) atoms. The molecule has 2 fully saturated rings. The number of nitrogens with zero attached hydrogens (tertiary/aromatic N) is 3. The van der Waals surface area contributed by atoms with Gasteiger partial charge in [-0.25, -0.2) is 8.78 Å². The summed E-state index contributed by atoms with van der Waals surface area (Å²) in [7, 11) is 0. The van der Waals surface area contributed by atoms with Crippen molar-refractivity contribution in [2.45, 2.75) is 25.2 Å². The highest BCUT2D eigenvalue weighted by atomic mass is 19.1. The van der Waals surface area contributed by atoms with E-state index in [1.54, 1.807) is 12.1 Å². The van der Waals surface area contributed by atoms with Crippen molar-refractivity contribution in [1.29, 1.82) is 5.26 Å². The standard InChI is InChI=1S/C25H28F2N4O3/c26-20-4-6-21(7-5-20)33-9-1-8-30-13-22-15-31(16-23(14-30)34-22)17-25(32)29-12-19-3-2-18(11-28)10-24(19)27/h2-7,10,22-23H,1,8-9,12-17H2,(H,29,32). The van der Waals surface area contributed by atoms with E-state index in [4.69, 9.17) is 14.7 Å². The third kappa shape index (κ3) is 6.73. The molecule has 1 N–H and O–H groups in total. The average molecular weight is 471 g/mol. The molecular formula is C25H28F2N4O3. The number of nitrogens with one attached hydrogen (secondary N) is 1. The first-order valence-electron chi connectivity index (χ1n) is 11.4. The van der Waals surface area contributed by atoms with Gasteiger partial charge >= 0.3 is 0 Å². The molecule has 0 saturated carbocycles.